The van der Waals surface area contributed by atoms with Gasteiger partial charge in [-0.1, -0.05) is 18.2 Å². The van der Waals surface area contributed by atoms with E-state index in [2.05, 4.69) is 0 Å². The molecule has 1 amide bonds. The predicted molar refractivity (Wildman–Crippen MR) is 121 cm³/mol. The molecule has 3 aliphatic rings. The summed E-state index contributed by atoms with van der Waals surface area (Å²) < 4.78 is 7.34. The molecule has 2 aromatic rings. The number of carbonyl (C=O) groups is 1. The fraction of sp³-hybridized carbons (Fsp3) is 0.500. The molecule has 3 atom stereocenters. The van der Waals surface area contributed by atoms with Crippen LogP contribution in [0, 0.1) is 5.92 Å². The van der Waals surface area contributed by atoms with Gasteiger partial charge in [-0.2, -0.15) is 0 Å². The number of ether oxygens (including phenoxy) is 1. The molecule has 2 fully saturated rings. The van der Waals surface area contributed by atoms with Crippen molar-refractivity contribution in [3.63, 3.8) is 0 Å². The Balaban J connectivity index is 1.29. The summed E-state index contributed by atoms with van der Waals surface area (Å²) in [5.41, 5.74) is 1.17. The van der Waals surface area contributed by atoms with Crippen molar-refractivity contribution in [1.29, 1.82) is 0 Å². The molecule has 1 saturated carbocycles. The molecule has 2 bridgehead atoms. The molecule has 1 aromatic heterocycles. The molecule has 7 heteroatoms. The summed E-state index contributed by atoms with van der Waals surface area (Å²) in [5, 5.41) is 0. The third-order valence-corrected chi connectivity index (χ3v) is 7.60. The first-order chi connectivity index (χ1) is 14.6. The third kappa shape index (κ3) is 3.87. The van der Waals surface area contributed by atoms with Crippen molar-refractivity contribution >= 4 is 29.1 Å². The molecule has 5 nitrogen and oxygen atoms in total. The van der Waals surface area contributed by atoms with Gasteiger partial charge >= 0.3 is 0 Å². The van der Waals surface area contributed by atoms with Gasteiger partial charge < -0.3 is 14.2 Å². The number of pyridine rings is 1. The molecular formula is C24H26Cl2N2O3. The lowest BCUT2D eigenvalue weighted by Crippen LogP contribution is -2.55. The van der Waals surface area contributed by atoms with Gasteiger partial charge in [-0.25, -0.2) is 0 Å². The van der Waals surface area contributed by atoms with E-state index in [9.17, 15) is 9.59 Å². The molecule has 0 unspecified atom stereocenters. The van der Waals surface area contributed by atoms with Crippen LogP contribution in [-0.4, -0.2) is 38.4 Å². The molecule has 3 heterocycles. The summed E-state index contributed by atoms with van der Waals surface area (Å²) in [7, 11) is 0. The van der Waals surface area contributed by atoms with Crippen molar-refractivity contribution < 1.29 is 9.53 Å². The molecule has 0 spiro atoms. The number of fused-ring (bicyclic) bond motifs is 4. The van der Waals surface area contributed by atoms with Crippen molar-refractivity contribution in [3.8, 4) is 5.75 Å². The summed E-state index contributed by atoms with van der Waals surface area (Å²) in [6.07, 6.45) is 1.77. The zero-order valence-corrected chi connectivity index (χ0v) is 19.2. The number of carbonyl (C=O) groups excluding carboxylic acids is 1. The molecule has 1 aromatic carbocycles. The highest BCUT2D eigenvalue weighted by atomic mass is 35.5. The lowest BCUT2D eigenvalue weighted by atomic mass is 9.82. The van der Waals surface area contributed by atoms with Gasteiger partial charge in [-0.15, -0.1) is 23.2 Å². The van der Waals surface area contributed by atoms with Gasteiger partial charge in [0.2, 0.25) is 0 Å². The summed E-state index contributed by atoms with van der Waals surface area (Å²) in [6.45, 7) is 5.56. The fourth-order valence-electron chi connectivity index (χ4n) is 5.12. The highest BCUT2D eigenvalue weighted by Gasteiger charge is 2.52. The minimum Gasteiger partial charge on any atom is -0.478 e. The second kappa shape index (κ2) is 7.28. The number of hydrogen-bond acceptors (Lipinski definition) is 3. The van der Waals surface area contributed by atoms with E-state index in [-0.39, 0.29) is 29.2 Å². The Morgan fingerprint density at radius 3 is 2.48 bits per heavy atom. The number of rotatable bonds is 4. The number of aromatic nitrogens is 1. The maximum Gasteiger partial charge on any atom is 0.266 e. The normalized spacial score (nSPS) is 26.2. The Bertz CT molecular complexity index is 1080. The van der Waals surface area contributed by atoms with E-state index < -0.39 is 9.93 Å². The van der Waals surface area contributed by atoms with Crippen LogP contribution in [0.4, 0.5) is 0 Å². The zero-order chi connectivity index (χ0) is 22.0. The predicted octanol–water partition coefficient (Wildman–Crippen LogP) is 4.31. The lowest BCUT2D eigenvalue weighted by molar-refractivity contribution is -0.148. The highest BCUT2D eigenvalue weighted by molar-refractivity contribution is 6.51. The van der Waals surface area contributed by atoms with Crippen LogP contribution in [0.2, 0.25) is 0 Å². The molecule has 0 radical (unpaired) electrons. The number of piperidine rings is 1. The minimum atomic E-state index is -0.994. The average Bonchev–Trinajstić information content (AvgIpc) is 3.36. The van der Waals surface area contributed by atoms with Gasteiger partial charge in [0.25, 0.3) is 11.5 Å². The van der Waals surface area contributed by atoms with Crippen LogP contribution >= 0.6 is 23.2 Å². The number of hydrogen-bond donors (Lipinski definition) is 0. The van der Waals surface area contributed by atoms with E-state index in [0.717, 1.165) is 24.1 Å². The van der Waals surface area contributed by atoms with Crippen LogP contribution in [0.25, 0.3) is 0 Å². The maximum absolute atomic E-state index is 13.4. The molecule has 1 saturated heterocycles. The van der Waals surface area contributed by atoms with Crippen LogP contribution in [0.3, 0.4) is 0 Å². The third-order valence-electron chi connectivity index (χ3n) is 6.76. The van der Waals surface area contributed by atoms with Crippen molar-refractivity contribution in [2.45, 2.75) is 55.0 Å². The van der Waals surface area contributed by atoms with E-state index in [1.54, 1.807) is 6.07 Å². The van der Waals surface area contributed by atoms with Crippen molar-refractivity contribution in [2.75, 3.05) is 13.1 Å². The van der Waals surface area contributed by atoms with Crippen LogP contribution in [-0.2, 0) is 11.3 Å². The molecular weight excluding hydrogens is 435 g/mol. The van der Waals surface area contributed by atoms with Crippen molar-refractivity contribution in [2.24, 2.45) is 5.92 Å². The van der Waals surface area contributed by atoms with Gasteiger partial charge in [0.1, 0.15) is 10.1 Å². The molecule has 0 N–H and O–H groups in total. The van der Waals surface area contributed by atoms with Crippen molar-refractivity contribution in [1.82, 2.24) is 9.47 Å². The SMILES string of the molecule is CC(C)(Oc1ccc([C@H]2CC2(Cl)Cl)cc1)C(=O)N1C[C@@H]2C[C@H](C1)c1cccc(=O)n1C2. The van der Waals surface area contributed by atoms with E-state index >= 15 is 0 Å². The number of benzene rings is 1. The largest absolute Gasteiger partial charge is 0.478 e. The van der Waals surface area contributed by atoms with Gasteiger partial charge in [0.15, 0.2) is 5.60 Å². The number of nitrogens with zero attached hydrogens (tertiary/aromatic N) is 2. The number of amides is 1. The van der Waals surface area contributed by atoms with Gasteiger partial charge in [-0.3, -0.25) is 9.59 Å². The number of likely N-dealkylation sites (tertiary alicyclic amines) is 1. The highest BCUT2D eigenvalue weighted by Crippen LogP contribution is 2.59. The van der Waals surface area contributed by atoms with Crippen LogP contribution in [0.1, 0.15) is 49.8 Å². The van der Waals surface area contributed by atoms with E-state index in [0.29, 0.717) is 25.4 Å². The first-order valence-electron chi connectivity index (χ1n) is 10.8. The maximum atomic E-state index is 13.4. The number of alkyl halides is 2. The summed E-state index contributed by atoms with van der Waals surface area (Å²) >= 11 is 12.3. The summed E-state index contributed by atoms with van der Waals surface area (Å²) in [6, 6.07) is 13.1. The zero-order valence-electron chi connectivity index (χ0n) is 17.7. The lowest BCUT2D eigenvalue weighted by Gasteiger charge is -2.44. The molecule has 31 heavy (non-hydrogen) atoms. The smallest absolute Gasteiger partial charge is 0.266 e. The van der Waals surface area contributed by atoms with Gasteiger partial charge in [-0.05, 0) is 56.4 Å². The number of halogens is 2. The van der Waals surface area contributed by atoms with E-state index in [1.165, 1.54) is 0 Å². The van der Waals surface area contributed by atoms with Crippen LogP contribution < -0.4 is 10.3 Å². The first-order valence-corrected chi connectivity index (χ1v) is 11.6. The Kier molecular flexibility index (Phi) is 4.91. The Labute approximate surface area is 191 Å². The average molecular weight is 461 g/mol. The minimum absolute atomic E-state index is 0.0271. The fourth-order valence-corrected chi connectivity index (χ4v) is 5.69. The monoisotopic (exact) mass is 460 g/mol. The Morgan fingerprint density at radius 2 is 1.81 bits per heavy atom. The van der Waals surface area contributed by atoms with E-state index in [1.807, 2.05) is 59.7 Å². The Hall–Kier alpha value is -1.98. The van der Waals surface area contributed by atoms with E-state index in [4.69, 9.17) is 27.9 Å². The second-order valence-electron chi connectivity index (χ2n) is 9.61. The summed E-state index contributed by atoms with van der Waals surface area (Å²) in [5.74, 6) is 1.25. The quantitative estimate of drug-likeness (QED) is 0.638. The first kappa shape index (κ1) is 20.9. The topological polar surface area (TPSA) is 51.5 Å². The standard InChI is InChI=1S/C24H26Cl2N2O3/c1-23(2,31-18-8-6-16(7-9-18)19-11-24(19,25)26)22(30)27-12-15-10-17(14-27)20-4-3-5-21(29)28(20)13-15/h3-9,15,17,19H,10-14H2,1-2H3/t15-,17+,19+/m0/s1. The summed E-state index contributed by atoms with van der Waals surface area (Å²) in [4.78, 5) is 27.5. The molecule has 1 aliphatic carbocycles. The molecule has 5 rings (SSSR count). The molecule has 2 aliphatic heterocycles. The Morgan fingerprint density at radius 1 is 1.10 bits per heavy atom. The van der Waals surface area contributed by atoms with Gasteiger partial charge in [0.05, 0.1) is 0 Å². The second-order valence-corrected chi connectivity index (χ2v) is 11.1. The van der Waals surface area contributed by atoms with Crippen molar-refractivity contribution in [3.05, 3.63) is 64.1 Å². The van der Waals surface area contributed by atoms with Crippen LogP contribution in [0.15, 0.2) is 47.3 Å². The molecule has 164 valence electrons. The van der Waals surface area contributed by atoms with Gasteiger partial charge in [0, 0.05) is 43.2 Å². The van der Waals surface area contributed by atoms with Crippen LogP contribution in [0.5, 0.6) is 5.75 Å².